The van der Waals surface area contributed by atoms with Gasteiger partial charge in [0.15, 0.2) is 0 Å². The number of aliphatic carboxylic acids is 1. The quantitative estimate of drug-likeness (QED) is 0.311. The molecule has 6 rings (SSSR count). The maximum absolute atomic E-state index is 14.0. The van der Waals surface area contributed by atoms with Gasteiger partial charge in [0.25, 0.3) is 0 Å². The minimum atomic E-state index is -1.49. The lowest BCUT2D eigenvalue weighted by Crippen LogP contribution is -2.59. The number of carboxylic acid groups (broad SMARTS) is 1. The van der Waals surface area contributed by atoms with Gasteiger partial charge in [-0.25, -0.2) is 4.79 Å². The van der Waals surface area contributed by atoms with Crippen LogP contribution in [-0.2, 0) is 29.5 Å². The highest BCUT2D eigenvalue weighted by atomic mass is 16.6. The molecule has 5 atom stereocenters. The molecule has 2 bridgehead atoms. The number of fused-ring (bicyclic) bond motifs is 1. The number of hydrogen-bond donors (Lipinski definition) is 2. The number of aryl methyl sites for hydroxylation is 1. The van der Waals surface area contributed by atoms with Crippen molar-refractivity contribution in [3.63, 3.8) is 0 Å². The van der Waals surface area contributed by atoms with Crippen molar-refractivity contribution in [3.05, 3.63) is 113 Å². The minimum absolute atomic E-state index is 0.0811. The summed E-state index contributed by atoms with van der Waals surface area (Å²) in [6, 6.07) is 22.4. The van der Waals surface area contributed by atoms with Crippen LogP contribution in [0.1, 0.15) is 47.6 Å². The van der Waals surface area contributed by atoms with Crippen molar-refractivity contribution in [1.82, 2.24) is 0 Å². The molecule has 0 saturated heterocycles. The van der Waals surface area contributed by atoms with Crippen molar-refractivity contribution in [3.8, 4) is 0 Å². The number of nitrogens with one attached hydrogen (secondary N) is 1. The predicted molar refractivity (Wildman–Crippen MR) is 146 cm³/mol. The first kappa shape index (κ1) is 26.4. The molecular weight excluding hydrogens is 494 g/mol. The second-order valence-corrected chi connectivity index (χ2v) is 10.4. The van der Waals surface area contributed by atoms with Gasteiger partial charge in [0.1, 0.15) is 17.6 Å². The largest absolute Gasteiger partial charge is 0.481 e. The highest BCUT2D eigenvalue weighted by Crippen LogP contribution is 2.62. The SMILES string of the molecule is C=C(C)C(=O)OC(C)COC12c3ccccc3C(c3ccc(C)cc31)C(C(=O)Nc1ccccc1)C2C(=O)O. The van der Waals surface area contributed by atoms with Gasteiger partial charge in [0, 0.05) is 17.2 Å². The number of amides is 1. The van der Waals surface area contributed by atoms with Crippen molar-refractivity contribution >= 4 is 23.5 Å². The van der Waals surface area contributed by atoms with Gasteiger partial charge in [-0.05, 0) is 55.2 Å². The van der Waals surface area contributed by atoms with Crippen LogP contribution in [0.5, 0.6) is 0 Å². The number of hydrogen-bond acceptors (Lipinski definition) is 5. The van der Waals surface area contributed by atoms with Gasteiger partial charge < -0.3 is 19.9 Å². The Bertz CT molecular complexity index is 1460. The van der Waals surface area contributed by atoms with Crippen LogP contribution in [0.15, 0.2) is 84.9 Å². The molecule has 0 heterocycles. The summed E-state index contributed by atoms with van der Waals surface area (Å²) in [4.78, 5) is 39.3. The number of esters is 1. The lowest BCUT2D eigenvalue weighted by atomic mass is 9.51. The molecule has 3 aromatic carbocycles. The van der Waals surface area contributed by atoms with Crippen LogP contribution in [0.3, 0.4) is 0 Å². The summed E-state index contributed by atoms with van der Waals surface area (Å²) in [5.41, 5.74) is 3.44. The average molecular weight is 526 g/mol. The van der Waals surface area contributed by atoms with E-state index in [9.17, 15) is 19.5 Å². The Kier molecular flexibility index (Phi) is 6.87. The van der Waals surface area contributed by atoms with E-state index in [0.717, 1.165) is 22.3 Å². The monoisotopic (exact) mass is 525 g/mol. The fraction of sp³-hybridized carbons (Fsp3) is 0.281. The van der Waals surface area contributed by atoms with E-state index >= 15 is 0 Å². The van der Waals surface area contributed by atoms with Crippen LogP contribution in [0.25, 0.3) is 0 Å². The number of anilines is 1. The van der Waals surface area contributed by atoms with E-state index in [1.807, 2.05) is 67.6 Å². The van der Waals surface area contributed by atoms with Crippen molar-refractivity contribution in [2.45, 2.75) is 38.4 Å². The molecule has 5 unspecified atom stereocenters. The summed E-state index contributed by atoms with van der Waals surface area (Å²) in [5, 5.41) is 13.7. The van der Waals surface area contributed by atoms with Gasteiger partial charge in [0.05, 0.1) is 12.5 Å². The molecule has 0 aromatic heterocycles. The number of ether oxygens (including phenoxy) is 2. The fourth-order valence-electron chi connectivity index (χ4n) is 6.04. The van der Waals surface area contributed by atoms with Gasteiger partial charge in [-0.15, -0.1) is 0 Å². The van der Waals surface area contributed by atoms with E-state index in [4.69, 9.17) is 9.47 Å². The van der Waals surface area contributed by atoms with Gasteiger partial charge >= 0.3 is 11.9 Å². The van der Waals surface area contributed by atoms with E-state index in [1.165, 1.54) is 0 Å². The molecule has 0 radical (unpaired) electrons. The Morgan fingerprint density at radius 1 is 1.00 bits per heavy atom. The molecular formula is C32H31NO6. The second kappa shape index (κ2) is 10.2. The molecule has 7 heteroatoms. The molecule has 2 N–H and O–H groups in total. The van der Waals surface area contributed by atoms with Crippen molar-refractivity contribution in [1.29, 1.82) is 0 Å². The molecule has 0 saturated carbocycles. The third kappa shape index (κ3) is 4.42. The molecule has 3 aromatic rings. The number of carbonyl (C=O) groups is 3. The third-order valence-corrected chi connectivity index (χ3v) is 7.61. The number of carboxylic acids is 1. The predicted octanol–water partition coefficient (Wildman–Crippen LogP) is 5.18. The van der Waals surface area contributed by atoms with Crippen LogP contribution >= 0.6 is 0 Å². The van der Waals surface area contributed by atoms with Crippen LogP contribution in [-0.4, -0.2) is 35.7 Å². The van der Waals surface area contributed by atoms with Crippen LogP contribution in [0.4, 0.5) is 5.69 Å². The van der Waals surface area contributed by atoms with E-state index in [0.29, 0.717) is 11.3 Å². The molecule has 7 nitrogen and oxygen atoms in total. The average Bonchev–Trinajstić information content (AvgIpc) is 2.91. The highest BCUT2D eigenvalue weighted by molar-refractivity contribution is 5.98. The number of rotatable bonds is 8. The molecule has 1 amide bonds. The van der Waals surface area contributed by atoms with Crippen molar-refractivity contribution in [2.24, 2.45) is 11.8 Å². The lowest BCUT2D eigenvalue weighted by molar-refractivity contribution is -0.176. The number of para-hydroxylation sites is 1. The number of carbonyl (C=O) groups excluding carboxylic acids is 2. The van der Waals surface area contributed by atoms with E-state index in [2.05, 4.69) is 11.9 Å². The Hall–Kier alpha value is -4.23. The fourth-order valence-corrected chi connectivity index (χ4v) is 6.04. The zero-order valence-corrected chi connectivity index (χ0v) is 22.1. The van der Waals surface area contributed by atoms with Crippen molar-refractivity contribution < 1.29 is 29.0 Å². The zero-order chi connectivity index (χ0) is 27.9. The first-order chi connectivity index (χ1) is 18.6. The Morgan fingerprint density at radius 2 is 1.67 bits per heavy atom. The van der Waals surface area contributed by atoms with E-state index < -0.39 is 47.3 Å². The summed E-state index contributed by atoms with van der Waals surface area (Å²) in [5.74, 6) is -4.76. The first-order valence-corrected chi connectivity index (χ1v) is 12.9. The second-order valence-electron chi connectivity index (χ2n) is 10.4. The Labute approximate surface area is 227 Å². The summed E-state index contributed by atoms with van der Waals surface area (Å²) in [6.07, 6.45) is -0.685. The Morgan fingerprint density at radius 3 is 2.36 bits per heavy atom. The van der Waals surface area contributed by atoms with Crippen molar-refractivity contribution in [2.75, 3.05) is 11.9 Å². The molecule has 200 valence electrons. The molecule has 3 aliphatic rings. The van der Waals surface area contributed by atoms with Gasteiger partial charge in [-0.2, -0.15) is 0 Å². The molecule has 39 heavy (non-hydrogen) atoms. The van der Waals surface area contributed by atoms with E-state index in [-0.39, 0.29) is 12.2 Å². The highest BCUT2D eigenvalue weighted by Gasteiger charge is 2.64. The summed E-state index contributed by atoms with van der Waals surface area (Å²) >= 11 is 0. The molecule has 0 spiro atoms. The normalized spacial score (nSPS) is 23.2. The lowest BCUT2D eigenvalue weighted by Gasteiger charge is -2.55. The van der Waals surface area contributed by atoms with Crippen LogP contribution in [0.2, 0.25) is 0 Å². The minimum Gasteiger partial charge on any atom is -0.481 e. The standard InChI is InChI=1S/C32H31NO6/c1-18(2)31(37)39-20(4)17-38-32-24-13-9-8-12-22(24)26(23-15-14-19(3)16-25(23)32)27(28(32)30(35)36)29(34)33-21-10-6-5-7-11-21/h5-16,20,26-28H,1,17H2,2-4H3,(H,33,34)(H,35,36). The topological polar surface area (TPSA) is 102 Å². The van der Waals surface area contributed by atoms with Crippen LogP contribution < -0.4 is 5.32 Å². The smallest absolute Gasteiger partial charge is 0.333 e. The van der Waals surface area contributed by atoms with Gasteiger partial charge in [0.2, 0.25) is 5.91 Å². The summed E-state index contributed by atoms with van der Waals surface area (Å²) in [6.45, 7) is 8.73. The molecule has 3 aliphatic carbocycles. The van der Waals surface area contributed by atoms with Crippen LogP contribution in [0, 0.1) is 18.8 Å². The van der Waals surface area contributed by atoms with E-state index in [1.54, 1.807) is 26.0 Å². The molecule has 0 aliphatic heterocycles. The molecule has 0 fully saturated rings. The zero-order valence-electron chi connectivity index (χ0n) is 22.1. The van der Waals surface area contributed by atoms with Gasteiger partial charge in [-0.1, -0.05) is 72.8 Å². The maximum atomic E-state index is 14.0. The first-order valence-electron chi connectivity index (χ1n) is 12.9. The third-order valence-electron chi connectivity index (χ3n) is 7.61. The number of benzene rings is 3. The summed E-state index contributed by atoms with van der Waals surface area (Å²) in [7, 11) is 0. The summed E-state index contributed by atoms with van der Waals surface area (Å²) < 4.78 is 12.1. The maximum Gasteiger partial charge on any atom is 0.333 e. The van der Waals surface area contributed by atoms with Gasteiger partial charge in [-0.3, -0.25) is 9.59 Å². The Balaban J connectivity index is 1.67.